The van der Waals surface area contributed by atoms with Crippen molar-refractivity contribution in [2.24, 2.45) is 17.6 Å². The molecule has 0 aliphatic carbocycles. The predicted octanol–water partition coefficient (Wildman–Crippen LogP) is 1.33. The van der Waals surface area contributed by atoms with Gasteiger partial charge in [0.25, 0.3) is 5.69 Å². The Morgan fingerprint density at radius 1 is 1.22 bits per heavy atom. The van der Waals surface area contributed by atoms with Gasteiger partial charge in [-0.2, -0.15) is 0 Å². The van der Waals surface area contributed by atoms with Crippen LogP contribution in [0.3, 0.4) is 0 Å². The van der Waals surface area contributed by atoms with Crippen LogP contribution in [0.2, 0.25) is 0 Å². The maximum absolute atomic E-state index is 12.1. The summed E-state index contributed by atoms with van der Waals surface area (Å²) in [6.07, 6.45) is -1.02. The summed E-state index contributed by atoms with van der Waals surface area (Å²) in [6, 6.07) is 9.96. The largest absolute Gasteiger partial charge is 0.497 e. The van der Waals surface area contributed by atoms with Gasteiger partial charge in [0.15, 0.2) is 0 Å². The molecule has 0 aromatic heterocycles. The fourth-order valence-corrected chi connectivity index (χ4v) is 3.71. The Bertz CT molecular complexity index is 1060. The number of nitro benzene ring substituents is 1. The Labute approximate surface area is 208 Å². The number of carbonyl (C=O) groups excluding carboxylic acids is 1. The number of nitrogens with two attached hydrogens (primary N) is 1. The summed E-state index contributed by atoms with van der Waals surface area (Å²) in [4.78, 5) is 34.7. The SMILES string of the molecule is COc1ccc(CN2CC(C(=O)O)[C@@H](C)C2=O)c(OC)c1.N[C@H](CO)[C@H](O)c1ccc([N+](=O)[O-])cc1. The number of likely N-dealkylation sites (tertiary alicyclic amines) is 1. The van der Waals surface area contributed by atoms with Gasteiger partial charge in [0.2, 0.25) is 5.91 Å². The van der Waals surface area contributed by atoms with Crippen LogP contribution in [0.4, 0.5) is 5.69 Å². The number of carbonyl (C=O) groups is 2. The third kappa shape index (κ3) is 6.90. The second kappa shape index (κ2) is 12.8. The van der Waals surface area contributed by atoms with Crippen LogP contribution in [0.15, 0.2) is 42.5 Å². The van der Waals surface area contributed by atoms with Gasteiger partial charge in [-0.25, -0.2) is 0 Å². The molecular weight excluding hydrogens is 474 g/mol. The molecule has 0 bridgehead atoms. The highest BCUT2D eigenvalue weighted by atomic mass is 16.6. The molecule has 1 unspecified atom stereocenters. The van der Waals surface area contributed by atoms with E-state index in [1.807, 2.05) is 6.07 Å². The number of aliphatic carboxylic acids is 1. The van der Waals surface area contributed by atoms with E-state index in [-0.39, 0.29) is 24.7 Å². The molecule has 0 spiro atoms. The van der Waals surface area contributed by atoms with Gasteiger partial charge in [0, 0.05) is 36.9 Å². The van der Waals surface area contributed by atoms with Gasteiger partial charge in [-0.15, -0.1) is 0 Å². The van der Waals surface area contributed by atoms with Gasteiger partial charge in [0.1, 0.15) is 11.5 Å². The molecule has 2 aromatic rings. The van der Waals surface area contributed by atoms with Crippen LogP contribution < -0.4 is 15.2 Å². The fraction of sp³-hybridized carbons (Fsp3) is 0.417. The van der Waals surface area contributed by atoms with Gasteiger partial charge < -0.3 is 35.4 Å². The smallest absolute Gasteiger partial charge is 0.309 e. The van der Waals surface area contributed by atoms with Gasteiger partial charge in [0.05, 0.1) is 49.7 Å². The first kappa shape index (κ1) is 28.5. The zero-order chi connectivity index (χ0) is 27.0. The second-order valence-electron chi connectivity index (χ2n) is 8.27. The second-order valence-corrected chi connectivity index (χ2v) is 8.27. The molecule has 3 rings (SSSR count). The van der Waals surface area contributed by atoms with E-state index < -0.39 is 34.9 Å². The van der Waals surface area contributed by atoms with E-state index in [2.05, 4.69) is 0 Å². The van der Waals surface area contributed by atoms with E-state index in [1.54, 1.807) is 38.2 Å². The number of non-ortho nitro benzene ring substituents is 1. The van der Waals surface area contributed by atoms with Crippen LogP contribution in [-0.2, 0) is 16.1 Å². The number of carboxylic acid groups (broad SMARTS) is 1. The molecule has 1 heterocycles. The Morgan fingerprint density at radius 2 is 1.86 bits per heavy atom. The summed E-state index contributed by atoms with van der Waals surface area (Å²) in [6.45, 7) is 1.87. The molecular formula is C24H31N3O9. The van der Waals surface area contributed by atoms with Crippen molar-refractivity contribution in [3.63, 3.8) is 0 Å². The molecule has 4 atom stereocenters. The maximum atomic E-state index is 12.1. The van der Waals surface area contributed by atoms with E-state index in [9.17, 15) is 24.8 Å². The first-order valence-corrected chi connectivity index (χ1v) is 11.0. The molecule has 12 nitrogen and oxygen atoms in total. The van der Waals surface area contributed by atoms with Crippen molar-refractivity contribution in [2.45, 2.75) is 25.6 Å². The summed E-state index contributed by atoms with van der Waals surface area (Å²) in [5.74, 6) is -0.928. The summed E-state index contributed by atoms with van der Waals surface area (Å²) in [5, 5.41) is 37.8. The quantitative estimate of drug-likeness (QED) is 0.286. The Morgan fingerprint density at radius 3 is 2.33 bits per heavy atom. The number of ether oxygens (including phenoxy) is 2. The number of amides is 1. The van der Waals surface area contributed by atoms with Crippen molar-refractivity contribution in [3.05, 3.63) is 63.7 Å². The van der Waals surface area contributed by atoms with E-state index >= 15 is 0 Å². The number of aliphatic hydroxyl groups excluding tert-OH is 2. The van der Waals surface area contributed by atoms with Crippen LogP contribution in [0.1, 0.15) is 24.2 Å². The number of benzene rings is 2. The zero-order valence-corrected chi connectivity index (χ0v) is 20.2. The van der Waals surface area contributed by atoms with Gasteiger partial charge in [-0.3, -0.25) is 19.7 Å². The molecule has 196 valence electrons. The summed E-state index contributed by atoms with van der Waals surface area (Å²) in [5.41, 5.74) is 6.63. The van der Waals surface area contributed by atoms with Crippen molar-refractivity contribution in [3.8, 4) is 11.5 Å². The minimum atomic E-state index is -1.02. The lowest BCUT2D eigenvalue weighted by Crippen LogP contribution is -2.31. The minimum Gasteiger partial charge on any atom is -0.497 e. The molecule has 1 aliphatic heterocycles. The molecule has 0 saturated carbocycles. The molecule has 0 radical (unpaired) electrons. The molecule has 5 N–H and O–H groups in total. The van der Waals surface area contributed by atoms with Crippen molar-refractivity contribution in [1.82, 2.24) is 4.90 Å². The third-order valence-electron chi connectivity index (χ3n) is 5.96. The molecule has 1 aliphatic rings. The van der Waals surface area contributed by atoms with Gasteiger partial charge in [-0.1, -0.05) is 6.92 Å². The Balaban J connectivity index is 0.000000269. The monoisotopic (exact) mass is 505 g/mol. The summed E-state index contributed by atoms with van der Waals surface area (Å²) >= 11 is 0. The van der Waals surface area contributed by atoms with Crippen molar-refractivity contribution in [1.29, 1.82) is 0 Å². The van der Waals surface area contributed by atoms with E-state index in [0.717, 1.165) is 5.56 Å². The average Bonchev–Trinajstić information content (AvgIpc) is 3.17. The zero-order valence-electron chi connectivity index (χ0n) is 20.2. The Hall–Kier alpha value is -3.74. The standard InChI is InChI=1S/C15H19NO5.C9H12N2O4/c1-9-12(15(18)19)8-16(14(9)17)7-10-4-5-11(20-2)6-13(10)21-3;10-8(5-12)9(13)6-1-3-7(4-2-6)11(14)15/h4-6,9,12H,7-8H2,1-3H3,(H,18,19);1-4,8-9,12-13H,5,10H2/t9-,12?;8-,9-/m11/s1. The van der Waals surface area contributed by atoms with Gasteiger partial charge in [-0.05, 0) is 29.8 Å². The van der Waals surface area contributed by atoms with Crippen LogP contribution in [0.25, 0.3) is 0 Å². The van der Waals surface area contributed by atoms with Gasteiger partial charge >= 0.3 is 5.97 Å². The number of aliphatic hydroxyl groups is 2. The van der Waals surface area contributed by atoms with Crippen molar-refractivity contribution < 1.29 is 39.3 Å². The first-order chi connectivity index (χ1) is 17.0. The summed E-state index contributed by atoms with van der Waals surface area (Å²) < 4.78 is 10.4. The fourth-order valence-electron chi connectivity index (χ4n) is 3.71. The highest BCUT2D eigenvalue weighted by Gasteiger charge is 2.41. The van der Waals surface area contributed by atoms with Crippen molar-refractivity contribution >= 4 is 17.6 Å². The molecule has 12 heteroatoms. The summed E-state index contributed by atoms with van der Waals surface area (Å²) in [7, 11) is 3.12. The highest BCUT2D eigenvalue weighted by Crippen LogP contribution is 2.30. The van der Waals surface area contributed by atoms with E-state index in [4.69, 9.17) is 25.4 Å². The number of nitro groups is 1. The lowest BCUT2D eigenvalue weighted by atomic mass is 9.98. The van der Waals surface area contributed by atoms with E-state index in [1.165, 1.54) is 24.3 Å². The molecule has 2 aromatic carbocycles. The number of methoxy groups -OCH3 is 2. The predicted molar refractivity (Wildman–Crippen MR) is 128 cm³/mol. The average molecular weight is 506 g/mol. The number of nitrogens with zero attached hydrogens (tertiary/aromatic N) is 2. The van der Waals surface area contributed by atoms with E-state index in [0.29, 0.717) is 23.6 Å². The molecule has 1 amide bonds. The minimum absolute atomic E-state index is 0.0523. The molecule has 1 saturated heterocycles. The Kier molecular flexibility index (Phi) is 10.1. The first-order valence-electron chi connectivity index (χ1n) is 11.0. The lowest BCUT2D eigenvalue weighted by Gasteiger charge is -2.18. The number of carboxylic acids is 1. The third-order valence-corrected chi connectivity index (χ3v) is 5.96. The van der Waals surface area contributed by atoms with Crippen LogP contribution in [0.5, 0.6) is 11.5 Å². The van der Waals surface area contributed by atoms with Crippen LogP contribution in [-0.4, -0.2) is 70.4 Å². The van der Waals surface area contributed by atoms with Crippen LogP contribution >= 0.6 is 0 Å². The van der Waals surface area contributed by atoms with Crippen molar-refractivity contribution in [2.75, 3.05) is 27.4 Å². The topological polar surface area (TPSA) is 186 Å². The lowest BCUT2D eigenvalue weighted by molar-refractivity contribution is -0.384. The highest BCUT2D eigenvalue weighted by molar-refractivity contribution is 5.88. The normalized spacial score (nSPS) is 18.6. The van der Waals surface area contributed by atoms with Crippen LogP contribution in [0, 0.1) is 22.0 Å². The number of hydrogen-bond donors (Lipinski definition) is 4. The maximum Gasteiger partial charge on any atom is 0.309 e. The molecule has 1 fully saturated rings. The number of rotatable bonds is 9. The number of hydrogen-bond acceptors (Lipinski definition) is 9. The molecule has 36 heavy (non-hydrogen) atoms.